The average molecular weight is 223 g/mol. The number of anilines is 1. The van der Waals surface area contributed by atoms with Gasteiger partial charge >= 0.3 is 5.97 Å². The third-order valence-corrected chi connectivity index (χ3v) is 2.31. The van der Waals surface area contributed by atoms with Crippen LogP contribution < -0.4 is 5.32 Å². The van der Waals surface area contributed by atoms with Gasteiger partial charge in [0.2, 0.25) is 0 Å². The zero-order chi connectivity index (χ0) is 12.0. The van der Waals surface area contributed by atoms with Crippen molar-refractivity contribution >= 4 is 11.7 Å². The number of carboxylic acids is 1. The van der Waals surface area contributed by atoms with Gasteiger partial charge < -0.3 is 15.2 Å². The van der Waals surface area contributed by atoms with Gasteiger partial charge in [-0.2, -0.15) is 0 Å². The van der Waals surface area contributed by atoms with Gasteiger partial charge in [-0.1, -0.05) is 0 Å². The molecule has 0 aliphatic rings. The van der Waals surface area contributed by atoms with Crippen molar-refractivity contribution < 1.29 is 14.6 Å². The van der Waals surface area contributed by atoms with Gasteiger partial charge in [0.25, 0.3) is 0 Å². The first kappa shape index (κ1) is 12.5. The van der Waals surface area contributed by atoms with Crippen molar-refractivity contribution in [3.05, 3.63) is 29.3 Å². The molecule has 0 unspecified atom stereocenters. The Bertz CT molecular complexity index is 363. The molecular weight excluding hydrogens is 206 g/mol. The van der Waals surface area contributed by atoms with Gasteiger partial charge in [0.15, 0.2) is 0 Å². The number of carbonyl (C=O) groups is 1. The molecule has 88 valence electrons. The highest BCUT2D eigenvalue weighted by molar-refractivity contribution is 5.88. The van der Waals surface area contributed by atoms with Gasteiger partial charge in [-0.15, -0.1) is 0 Å². The Morgan fingerprint density at radius 1 is 1.50 bits per heavy atom. The molecule has 0 radical (unpaired) electrons. The highest BCUT2D eigenvalue weighted by Gasteiger charge is 2.04. The minimum atomic E-state index is -0.894. The van der Waals surface area contributed by atoms with Crippen molar-refractivity contribution in [3.8, 4) is 0 Å². The maximum atomic E-state index is 10.7. The van der Waals surface area contributed by atoms with Crippen LogP contribution in [0.25, 0.3) is 0 Å². The zero-order valence-corrected chi connectivity index (χ0v) is 9.62. The molecule has 1 aromatic rings. The molecule has 1 rings (SSSR count). The van der Waals surface area contributed by atoms with E-state index in [9.17, 15) is 4.79 Å². The Labute approximate surface area is 95.2 Å². The summed E-state index contributed by atoms with van der Waals surface area (Å²) in [6, 6.07) is 5.07. The molecule has 0 spiro atoms. The Morgan fingerprint density at radius 3 is 2.81 bits per heavy atom. The van der Waals surface area contributed by atoms with Crippen molar-refractivity contribution in [3.63, 3.8) is 0 Å². The lowest BCUT2D eigenvalue weighted by Gasteiger charge is -2.09. The average Bonchev–Trinajstić information content (AvgIpc) is 2.26. The number of methoxy groups -OCH3 is 1. The molecule has 0 aromatic heterocycles. The van der Waals surface area contributed by atoms with Crippen LogP contribution in [0.5, 0.6) is 0 Å². The van der Waals surface area contributed by atoms with E-state index in [2.05, 4.69) is 5.32 Å². The van der Waals surface area contributed by atoms with Gasteiger partial charge in [-0.25, -0.2) is 4.79 Å². The number of benzene rings is 1. The smallest absolute Gasteiger partial charge is 0.335 e. The van der Waals surface area contributed by atoms with Crippen LogP contribution in [-0.2, 0) is 4.74 Å². The van der Waals surface area contributed by atoms with Crippen LogP contribution >= 0.6 is 0 Å². The molecule has 0 aliphatic carbocycles. The number of aryl methyl sites for hydroxylation is 1. The predicted octanol–water partition coefficient (Wildman–Crippen LogP) is 2.14. The van der Waals surface area contributed by atoms with Crippen LogP contribution in [0.3, 0.4) is 0 Å². The molecule has 4 nitrogen and oxygen atoms in total. The molecule has 0 bridgehead atoms. The fourth-order valence-corrected chi connectivity index (χ4v) is 1.43. The lowest BCUT2D eigenvalue weighted by atomic mass is 10.1. The summed E-state index contributed by atoms with van der Waals surface area (Å²) in [5, 5.41) is 12.1. The molecule has 0 fully saturated rings. The number of hydrogen-bond acceptors (Lipinski definition) is 3. The van der Waals surface area contributed by atoms with Crippen molar-refractivity contribution in [1.29, 1.82) is 0 Å². The zero-order valence-electron chi connectivity index (χ0n) is 9.62. The van der Waals surface area contributed by atoms with Crippen LogP contribution in [0, 0.1) is 6.92 Å². The topological polar surface area (TPSA) is 58.6 Å². The van der Waals surface area contributed by atoms with Gasteiger partial charge in [-0.3, -0.25) is 0 Å². The summed E-state index contributed by atoms with van der Waals surface area (Å²) in [7, 11) is 1.67. The van der Waals surface area contributed by atoms with E-state index in [0.29, 0.717) is 5.56 Å². The quantitative estimate of drug-likeness (QED) is 0.725. The van der Waals surface area contributed by atoms with Crippen LogP contribution in [0.1, 0.15) is 22.3 Å². The Morgan fingerprint density at radius 2 is 2.25 bits per heavy atom. The minimum absolute atomic E-state index is 0.319. The largest absolute Gasteiger partial charge is 0.478 e. The third kappa shape index (κ3) is 3.55. The van der Waals surface area contributed by atoms with E-state index >= 15 is 0 Å². The third-order valence-electron chi connectivity index (χ3n) is 2.31. The Balaban J connectivity index is 2.57. The van der Waals surface area contributed by atoms with Crippen molar-refractivity contribution in [2.24, 2.45) is 0 Å². The van der Waals surface area contributed by atoms with E-state index in [1.807, 2.05) is 6.92 Å². The van der Waals surface area contributed by atoms with Gasteiger partial charge in [-0.05, 0) is 37.1 Å². The van der Waals surface area contributed by atoms with Crippen LogP contribution in [0.2, 0.25) is 0 Å². The van der Waals surface area contributed by atoms with E-state index in [1.54, 1.807) is 25.3 Å². The SMILES string of the molecule is COCCCNc1ccc(C(=O)O)cc1C. The summed E-state index contributed by atoms with van der Waals surface area (Å²) >= 11 is 0. The van der Waals surface area contributed by atoms with Crippen molar-refractivity contribution in [2.45, 2.75) is 13.3 Å². The number of hydrogen-bond donors (Lipinski definition) is 2. The maximum absolute atomic E-state index is 10.7. The molecule has 2 N–H and O–H groups in total. The summed E-state index contributed by atoms with van der Waals surface area (Å²) in [5.74, 6) is -0.894. The number of ether oxygens (including phenoxy) is 1. The Hall–Kier alpha value is -1.55. The summed E-state index contributed by atoms with van der Waals surface area (Å²) in [6.45, 7) is 3.44. The highest BCUT2D eigenvalue weighted by atomic mass is 16.5. The van der Waals surface area contributed by atoms with Crippen LogP contribution in [-0.4, -0.2) is 31.3 Å². The van der Waals surface area contributed by atoms with Crippen molar-refractivity contribution in [1.82, 2.24) is 0 Å². The van der Waals surface area contributed by atoms with Crippen LogP contribution in [0.15, 0.2) is 18.2 Å². The van der Waals surface area contributed by atoms with Crippen molar-refractivity contribution in [2.75, 3.05) is 25.6 Å². The van der Waals surface area contributed by atoms with Gasteiger partial charge in [0.1, 0.15) is 0 Å². The fraction of sp³-hybridized carbons (Fsp3) is 0.417. The predicted molar refractivity (Wildman–Crippen MR) is 63.1 cm³/mol. The summed E-state index contributed by atoms with van der Waals surface area (Å²) in [5.41, 5.74) is 2.23. The van der Waals surface area contributed by atoms with E-state index < -0.39 is 5.97 Å². The molecule has 0 saturated carbocycles. The maximum Gasteiger partial charge on any atom is 0.335 e. The standard InChI is InChI=1S/C12H17NO3/c1-9-8-10(12(14)15)4-5-11(9)13-6-3-7-16-2/h4-5,8,13H,3,6-7H2,1-2H3,(H,14,15). The Kier molecular flexibility index (Phi) is 4.79. The van der Waals surface area contributed by atoms with E-state index in [1.165, 1.54) is 0 Å². The number of nitrogens with one attached hydrogen (secondary N) is 1. The number of aromatic carboxylic acids is 1. The molecule has 0 aliphatic heterocycles. The summed E-state index contributed by atoms with van der Waals surface area (Å²) < 4.78 is 4.94. The second-order valence-electron chi connectivity index (χ2n) is 3.61. The lowest BCUT2D eigenvalue weighted by molar-refractivity contribution is 0.0697. The van der Waals surface area contributed by atoms with Gasteiger partial charge in [0.05, 0.1) is 5.56 Å². The summed E-state index contributed by atoms with van der Waals surface area (Å²) in [4.78, 5) is 10.7. The molecule has 0 heterocycles. The summed E-state index contributed by atoms with van der Waals surface area (Å²) in [6.07, 6.45) is 0.927. The molecule has 4 heteroatoms. The van der Waals surface area contributed by atoms with E-state index in [-0.39, 0.29) is 0 Å². The number of rotatable bonds is 6. The monoisotopic (exact) mass is 223 g/mol. The molecule has 1 aromatic carbocycles. The van der Waals surface area contributed by atoms with Gasteiger partial charge in [0, 0.05) is 25.9 Å². The highest BCUT2D eigenvalue weighted by Crippen LogP contribution is 2.16. The first-order valence-electron chi connectivity index (χ1n) is 5.22. The second-order valence-corrected chi connectivity index (χ2v) is 3.61. The lowest BCUT2D eigenvalue weighted by Crippen LogP contribution is -2.06. The second kappa shape index (κ2) is 6.12. The first-order chi connectivity index (χ1) is 7.65. The first-order valence-corrected chi connectivity index (χ1v) is 5.22. The van der Waals surface area contributed by atoms with Crippen LogP contribution in [0.4, 0.5) is 5.69 Å². The molecule has 0 saturated heterocycles. The fourth-order valence-electron chi connectivity index (χ4n) is 1.43. The number of carboxylic acid groups (broad SMARTS) is 1. The minimum Gasteiger partial charge on any atom is -0.478 e. The molecular formula is C12H17NO3. The molecule has 16 heavy (non-hydrogen) atoms. The van der Waals surface area contributed by atoms with E-state index in [0.717, 1.165) is 30.8 Å². The van der Waals surface area contributed by atoms with E-state index in [4.69, 9.17) is 9.84 Å². The normalized spacial score (nSPS) is 10.1. The molecule has 0 atom stereocenters. The molecule has 0 amide bonds.